The van der Waals surface area contributed by atoms with Crippen LogP contribution >= 0.6 is 0 Å². The summed E-state index contributed by atoms with van der Waals surface area (Å²) in [5, 5.41) is 24.3. The van der Waals surface area contributed by atoms with Crippen LogP contribution in [0.5, 0.6) is 6.01 Å². The van der Waals surface area contributed by atoms with Crippen molar-refractivity contribution in [2.45, 2.75) is 162 Å². The number of hydrogen-bond acceptors (Lipinski definition) is 12. The summed E-state index contributed by atoms with van der Waals surface area (Å²) in [7, 11) is -3.54. The van der Waals surface area contributed by atoms with Crippen molar-refractivity contribution in [1.29, 1.82) is 0 Å². The van der Waals surface area contributed by atoms with Crippen LogP contribution in [0.3, 0.4) is 0 Å². The molecule has 338 valence electrons. The van der Waals surface area contributed by atoms with Gasteiger partial charge in [-0.05, 0) is 75.3 Å². The molecular weight excluding hydrogens is 801 g/mol. The molecule has 8 rings (SSSR count). The zero-order valence-electron chi connectivity index (χ0n) is 36.1. The standard InChI is InChI=1S/C22H29N5O.C17H21N5O2S.C6H12O.2CH4/c1-15(2)19-14-23-27-20(19)25-22(28-18-12-8-5-9-13-18)26-21(27)24-16(3)17-10-6-4-7-11-17;1-11(2)14-10-18-22-15(14)20-17(25(4,23)24)21-16(22)19-12(3)13-8-6-5-7-9-13;7-6-4-2-1-3-5-6;;/h4,6-7,10-11,14-16,18H,5,8-9,12-13H2,1-3H3,(H,24,25,26);5-12H,1-4H3,(H,19,20,21);6-7H,1-5H2;2*1H4/t16-;12-;;;/m00.../s1. The number of nitrogens with zero attached hydrogens (tertiary/aromatic N) is 8. The topological polar surface area (TPSA) is 174 Å². The highest BCUT2D eigenvalue weighted by Crippen LogP contribution is 2.28. The highest BCUT2D eigenvalue weighted by Gasteiger charge is 2.23. The molecule has 2 aliphatic carbocycles. The van der Waals surface area contributed by atoms with E-state index >= 15 is 0 Å². The molecule has 0 unspecified atom stereocenters. The van der Waals surface area contributed by atoms with Crippen molar-refractivity contribution < 1.29 is 18.3 Å². The van der Waals surface area contributed by atoms with Gasteiger partial charge in [-0.3, -0.25) is 0 Å². The third-order valence-electron chi connectivity index (χ3n) is 11.0. The molecule has 0 spiro atoms. The van der Waals surface area contributed by atoms with Crippen molar-refractivity contribution in [1.82, 2.24) is 39.2 Å². The minimum Gasteiger partial charge on any atom is -0.460 e. The lowest BCUT2D eigenvalue weighted by molar-refractivity contribution is 0.130. The molecule has 3 N–H and O–H groups in total. The van der Waals surface area contributed by atoms with E-state index in [-0.39, 0.29) is 50.2 Å². The van der Waals surface area contributed by atoms with Crippen LogP contribution in [0.2, 0.25) is 0 Å². The van der Waals surface area contributed by atoms with Crippen LogP contribution in [0.1, 0.15) is 167 Å². The zero-order valence-corrected chi connectivity index (χ0v) is 36.9. The Kier molecular flexibility index (Phi) is 18.2. The first-order valence-corrected chi connectivity index (χ1v) is 23.4. The summed E-state index contributed by atoms with van der Waals surface area (Å²) >= 11 is 0. The molecule has 15 heteroatoms. The first-order chi connectivity index (χ1) is 28.8. The Hall–Kier alpha value is -5.15. The molecule has 0 radical (unpaired) electrons. The lowest BCUT2D eigenvalue weighted by atomic mass is 9.98. The van der Waals surface area contributed by atoms with Crippen molar-refractivity contribution >= 4 is 33.0 Å². The maximum absolute atomic E-state index is 12.0. The smallest absolute Gasteiger partial charge is 0.322 e. The summed E-state index contributed by atoms with van der Waals surface area (Å²) < 4.78 is 33.6. The largest absolute Gasteiger partial charge is 0.460 e. The average molecular weight is 871 g/mol. The molecular formula is C47H70N10O4S. The lowest BCUT2D eigenvalue weighted by Gasteiger charge is -2.22. The molecule has 0 bridgehead atoms. The summed E-state index contributed by atoms with van der Waals surface area (Å²) in [6.07, 6.45) is 16.7. The number of anilines is 2. The molecule has 0 saturated heterocycles. The highest BCUT2D eigenvalue weighted by atomic mass is 32.2. The molecule has 0 amide bonds. The van der Waals surface area contributed by atoms with E-state index in [2.05, 4.69) is 68.7 Å². The van der Waals surface area contributed by atoms with Crippen molar-refractivity contribution in [2.75, 3.05) is 16.9 Å². The van der Waals surface area contributed by atoms with Gasteiger partial charge in [0.25, 0.3) is 5.16 Å². The molecule has 14 nitrogen and oxygen atoms in total. The average Bonchev–Trinajstić information content (AvgIpc) is 3.88. The number of sulfone groups is 1. The number of rotatable bonds is 11. The van der Waals surface area contributed by atoms with Crippen LogP contribution in [-0.4, -0.2) is 71.2 Å². The van der Waals surface area contributed by atoms with Gasteiger partial charge in [0.05, 0.1) is 30.6 Å². The maximum atomic E-state index is 12.0. The molecule has 4 heterocycles. The first kappa shape index (κ1) is 49.5. The second-order valence-corrected chi connectivity index (χ2v) is 18.5. The quantitative estimate of drug-likeness (QED) is 0.113. The van der Waals surface area contributed by atoms with Crippen LogP contribution < -0.4 is 15.4 Å². The number of aromatic nitrogens is 8. The third-order valence-corrected chi connectivity index (χ3v) is 11.9. The van der Waals surface area contributed by atoms with Crippen LogP contribution in [0.15, 0.2) is 78.2 Å². The number of aliphatic hydroxyl groups is 1. The Morgan fingerprint density at radius 3 is 1.48 bits per heavy atom. The molecule has 0 aliphatic heterocycles. The van der Waals surface area contributed by atoms with Gasteiger partial charge in [-0.2, -0.15) is 39.2 Å². The number of hydrogen-bond donors (Lipinski definition) is 3. The Labute approximate surface area is 369 Å². The SMILES string of the molecule is C.C.CC(C)c1cnn2c(N[C@@H](C)c3ccccc3)nc(OC3CCCCC3)nc12.CC(C)c1cnn2c(N[C@@H](C)c3ccccc3)nc(S(C)(=O)=O)nc12.OC1CCCCC1. The summed E-state index contributed by atoms with van der Waals surface area (Å²) in [5.74, 6) is 1.52. The summed E-state index contributed by atoms with van der Waals surface area (Å²) in [6.45, 7) is 12.4. The van der Waals surface area contributed by atoms with Gasteiger partial charge in [0.1, 0.15) is 6.10 Å². The minimum absolute atomic E-state index is 0. The van der Waals surface area contributed by atoms with Gasteiger partial charge >= 0.3 is 6.01 Å². The van der Waals surface area contributed by atoms with E-state index in [0.29, 0.717) is 29.5 Å². The minimum atomic E-state index is -3.54. The van der Waals surface area contributed by atoms with Crippen LogP contribution in [0.4, 0.5) is 11.9 Å². The van der Waals surface area contributed by atoms with E-state index in [1.165, 1.54) is 44.1 Å². The van der Waals surface area contributed by atoms with Gasteiger partial charge in [0, 0.05) is 17.4 Å². The predicted molar refractivity (Wildman–Crippen MR) is 250 cm³/mol. The van der Waals surface area contributed by atoms with Crippen molar-refractivity contribution in [3.05, 3.63) is 95.3 Å². The monoisotopic (exact) mass is 871 g/mol. The zero-order chi connectivity index (χ0) is 42.8. The molecule has 4 aromatic heterocycles. The number of nitrogens with one attached hydrogen (secondary N) is 2. The second kappa shape index (κ2) is 22.8. The molecule has 2 atom stereocenters. The molecule has 2 aromatic carbocycles. The van der Waals surface area contributed by atoms with Gasteiger partial charge in [-0.1, -0.05) is 129 Å². The molecule has 62 heavy (non-hydrogen) atoms. The maximum Gasteiger partial charge on any atom is 0.322 e. The fourth-order valence-corrected chi connectivity index (χ4v) is 7.93. The first-order valence-electron chi connectivity index (χ1n) is 21.5. The lowest BCUT2D eigenvalue weighted by Crippen LogP contribution is -2.22. The predicted octanol–water partition coefficient (Wildman–Crippen LogP) is 10.5. The van der Waals surface area contributed by atoms with Gasteiger partial charge < -0.3 is 20.5 Å². The summed E-state index contributed by atoms with van der Waals surface area (Å²) in [5.41, 5.74) is 5.56. The van der Waals surface area contributed by atoms with Crippen LogP contribution in [0, 0.1) is 0 Å². The Morgan fingerprint density at radius 1 is 0.629 bits per heavy atom. The van der Waals surface area contributed by atoms with E-state index in [1.807, 2.05) is 75.5 Å². The molecule has 2 fully saturated rings. The Balaban J connectivity index is 0.000000230. The van der Waals surface area contributed by atoms with Crippen molar-refractivity contribution in [3.8, 4) is 6.01 Å². The number of aliphatic hydroxyl groups excluding tert-OH is 1. The van der Waals surface area contributed by atoms with Gasteiger partial charge in [0.2, 0.25) is 21.7 Å². The van der Waals surface area contributed by atoms with Crippen molar-refractivity contribution in [3.63, 3.8) is 0 Å². The van der Waals surface area contributed by atoms with E-state index in [0.717, 1.165) is 54.3 Å². The van der Waals surface area contributed by atoms with Crippen molar-refractivity contribution in [2.24, 2.45) is 0 Å². The van der Waals surface area contributed by atoms with Crippen LogP contribution in [0.25, 0.3) is 11.3 Å². The van der Waals surface area contributed by atoms with E-state index in [9.17, 15) is 8.42 Å². The van der Waals surface area contributed by atoms with E-state index < -0.39 is 9.84 Å². The van der Waals surface area contributed by atoms with Gasteiger partial charge in [-0.25, -0.2) is 8.42 Å². The van der Waals surface area contributed by atoms with Crippen LogP contribution in [-0.2, 0) is 9.84 Å². The van der Waals surface area contributed by atoms with E-state index in [4.69, 9.17) is 14.8 Å². The third kappa shape index (κ3) is 12.9. The fourth-order valence-electron chi connectivity index (χ4n) is 7.42. The fraction of sp³-hybridized carbons (Fsp3) is 0.532. The normalized spacial score (nSPS) is 15.6. The van der Waals surface area contributed by atoms with Gasteiger partial charge in [-0.15, -0.1) is 0 Å². The molecule has 6 aromatic rings. The number of fused-ring (bicyclic) bond motifs is 2. The highest BCUT2D eigenvalue weighted by molar-refractivity contribution is 7.90. The number of benzene rings is 2. The summed E-state index contributed by atoms with van der Waals surface area (Å²) in [6, 6.07) is 20.7. The molecule has 2 aliphatic rings. The Bertz CT molecular complexity index is 2370. The second-order valence-electron chi connectivity index (χ2n) is 16.6. The Morgan fingerprint density at radius 2 is 1.06 bits per heavy atom. The number of ether oxygens (including phenoxy) is 1. The van der Waals surface area contributed by atoms with Gasteiger partial charge in [0.15, 0.2) is 11.3 Å². The molecule has 2 saturated carbocycles. The van der Waals surface area contributed by atoms with E-state index in [1.54, 1.807) is 15.2 Å². The summed E-state index contributed by atoms with van der Waals surface area (Å²) in [4.78, 5) is 17.8.